The van der Waals surface area contributed by atoms with Gasteiger partial charge in [0, 0.05) is 29.8 Å². The number of halogens is 4. The zero-order valence-electron chi connectivity index (χ0n) is 20.7. The van der Waals surface area contributed by atoms with Gasteiger partial charge in [0.15, 0.2) is 0 Å². The normalized spacial score (nSPS) is 26.4. The highest BCUT2D eigenvalue weighted by atomic mass is 19.4. The van der Waals surface area contributed by atoms with Crippen LogP contribution in [-0.4, -0.2) is 32.9 Å². The highest BCUT2D eigenvalue weighted by Gasteiger charge is 2.54. The van der Waals surface area contributed by atoms with E-state index in [-0.39, 0.29) is 17.8 Å². The molecule has 0 radical (unpaired) electrons. The number of nitrogens with one attached hydrogen (secondary N) is 1. The lowest BCUT2D eigenvalue weighted by Gasteiger charge is -2.51. The molecule has 1 saturated carbocycles. The third-order valence-electron chi connectivity index (χ3n) is 8.38. The van der Waals surface area contributed by atoms with E-state index in [1.54, 1.807) is 41.2 Å². The maximum atomic E-state index is 14.2. The molecule has 196 valence electrons. The number of hydrogen-bond acceptors (Lipinski definition) is 3. The minimum Gasteiger partial charge on any atom is -0.348 e. The van der Waals surface area contributed by atoms with E-state index in [1.807, 2.05) is 0 Å². The van der Waals surface area contributed by atoms with Crippen LogP contribution in [0.25, 0.3) is 11.8 Å². The van der Waals surface area contributed by atoms with Gasteiger partial charge in [0.05, 0.1) is 29.1 Å². The van der Waals surface area contributed by atoms with Crippen LogP contribution in [0.15, 0.2) is 72.2 Å². The standard InChI is InChI=1S/C29H26F4N4O/c1-28-14-18-16-35-37(21-7-5-20(30)6-8-21)25(18)13-19(28)4-9-22-23(28)10-11-24(29(31,32)33)26(22)36-27(38)17-3-2-12-34-15-17/h2-3,5-8,10,12-13,15-16,22,24,26H,4,9,11,14H2,1H3,(H,36,38)/t22-,24+,26+,28-/m0/s1. The van der Waals surface area contributed by atoms with E-state index in [2.05, 4.69) is 28.4 Å². The second-order valence-electron chi connectivity index (χ2n) is 10.6. The van der Waals surface area contributed by atoms with E-state index in [0.717, 1.165) is 28.1 Å². The number of allylic oxidation sites excluding steroid dienone is 2. The molecule has 2 aromatic heterocycles. The first-order valence-electron chi connectivity index (χ1n) is 12.7. The lowest BCUT2D eigenvalue weighted by Crippen LogP contribution is -2.55. The number of aromatic nitrogens is 3. The van der Waals surface area contributed by atoms with Gasteiger partial charge < -0.3 is 5.32 Å². The quantitative estimate of drug-likeness (QED) is 0.336. The number of hydrogen-bond donors (Lipinski definition) is 1. The fraction of sp³-hybridized carbons (Fsp3) is 0.345. The van der Waals surface area contributed by atoms with Crippen LogP contribution >= 0.6 is 0 Å². The largest absolute Gasteiger partial charge is 0.394 e. The van der Waals surface area contributed by atoms with Crippen LogP contribution in [0.2, 0.25) is 0 Å². The van der Waals surface area contributed by atoms with Crippen LogP contribution in [0.3, 0.4) is 0 Å². The molecular formula is C29H26F4N4O. The summed E-state index contributed by atoms with van der Waals surface area (Å²) in [6.07, 6.45) is 5.59. The molecule has 3 aliphatic rings. The number of alkyl halides is 3. The molecule has 1 aromatic carbocycles. The van der Waals surface area contributed by atoms with E-state index in [9.17, 15) is 22.4 Å². The van der Waals surface area contributed by atoms with Crippen LogP contribution < -0.4 is 5.32 Å². The van der Waals surface area contributed by atoms with Crippen molar-refractivity contribution in [3.8, 4) is 5.69 Å². The number of rotatable bonds is 3. The third kappa shape index (κ3) is 4.04. The lowest BCUT2D eigenvalue weighted by molar-refractivity contribution is -0.186. The van der Waals surface area contributed by atoms with Gasteiger partial charge in [0.25, 0.3) is 5.91 Å². The number of fused-ring (bicyclic) bond motifs is 4. The number of pyridine rings is 1. The van der Waals surface area contributed by atoms with Crippen molar-refractivity contribution in [3.05, 3.63) is 94.8 Å². The zero-order valence-corrected chi connectivity index (χ0v) is 20.7. The van der Waals surface area contributed by atoms with Crippen molar-refractivity contribution in [2.45, 2.75) is 44.8 Å². The maximum absolute atomic E-state index is 14.2. The minimum atomic E-state index is -4.44. The molecule has 1 amide bonds. The van der Waals surface area contributed by atoms with Gasteiger partial charge in [0.2, 0.25) is 0 Å². The highest BCUT2D eigenvalue weighted by Crippen LogP contribution is 2.57. The van der Waals surface area contributed by atoms with Crippen molar-refractivity contribution in [2.75, 3.05) is 0 Å². The molecule has 0 bridgehead atoms. The topological polar surface area (TPSA) is 59.8 Å². The number of carbonyl (C=O) groups excluding carboxylic acids is 1. The second-order valence-corrected chi connectivity index (χ2v) is 10.6. The van der Waals surface area contributed by atoms with Gasteiger partial charge in [-0.05, 0) is 73.7 Å². The van der Waals surface area contributed by atoms with Crippen LogP contribution in [0.1, 0.15) is 47.8 Å². The molecule has 38 heavy (non-hydrogen) atoms. The van der Waals surface area contributed by atoms with Gasteiger partial charge in [0.1, 0.15) is 5.82 Å². The summed E-state index contributed by atoms with van der Waals surface area (Å²) in [7, 11) is 0. The molecule has 0 unspecified atom stereocenters. The molecule has 0 spiro atoms. The van der Waals surface area contributed by atoms with Crippen molar-refractivity contribution in [3.63, 3.8) is 0 Å². The number of nitrogens with zero attached hydrogens (tertiary/aromatic N) is 3. The Kier molecular flexibility index (Phi) is 5.77. The van der Waals surface area contributed by atoms with Gasteiger partial charge in [-0.15, -0.1) is 0 Å². The predicted octanol–water partition coefficient (Wildman–Crippen LogP) is 6.07. The highest BCUT2D eigenvalue weighted by molar-refractivity contribution is 5.94. The van der Waals surface area contributed by atoms with Crippen molar-refractivity contribution in [1.29, 1.82) is 0 Å². The summed E-state index contributed by atoms with van der Waals surface area (Å²) in [5.41, 5.74) is 4.49. The second kappa shape index (κ2) is 8.92. The Balaban J connectivity index is 1.35. The number of benzene rings is 1. The molecule has 9 heteroatoms. The first-order chi connectivity index (χ1) is 18.1. The molecule has 5 nitrogen and oxygen atoms in total. The third-order valence-corrected chi connectivity index (χ3v) is 8.38. The Morgan fingerprint density at radius 2 is 1.95 bits per heavy atom. The lowest BCUT2D eigenvalue weighted by atomic mass is 9.55. The number of amides is 1. The predicted molar refractivity (Wildman–Crippen MR) is 134 cm³/mol. The summed E-state index contributed by atoms with van der Waals surface area (Å²) in [6, 6.07) is 8.19. The Morgan fingerprint density at radius 3 is 2.66 bits per heavy atom. The van der Waals surface area contributed by atoms with E-state index in [1.165, 1.54) is 24.5 Å². The van der Waals surface area contributed by atoms with Crippen molar-refractivity contribution in [2.24, 2.45) is 17.3 Å². The molecule has 4 atom stereocenters. The fourth-order valence-electron chi connectivity index (χ4n) is 6.50. The Bertz CT molecular complexity index is 1440. The van der Waals surface area contributed by atoms with Crippen molar-refractivity contribution >= 4 is 12.0 Å². The minimum absolute atomic E-state index is 0.183. The zero-order chi connectivity index (χ0) is 26.7. The molecule has 0 saturated heterocycles. The van der Waals surface area contributed by atoms with Crippen LogP contribution in [-0.2, 0) is 6.42 Å². The molecular weight excluding hydrogens is 496 g/mol. The van der Waals surface area contributed by atoms with Gasteiger partial charge in [-0.1, -0.05) is 24.1 Å². The van der Waals surface area contributed by atoms with E-state index in [4.69, 9.17) is 0 Å². The van der Waals surface area contributed by atoms with Gasteiger partial charge in [-0.2, -0.15) is 18.3 Å². The van der Waals surface area contributed by atoms with Crippen LogP contribution in [0.4, 0.5) is 17.6 Å². The smallest absolute Gasteiger partial charge is 0.348 e. The molecule has 1 N–H and O–H groups in total. The molecule has 3 aliphatic carbocycles. The number of carbonyl (C=O) groups is 1. The monoisotopic (exact) mass is 522 g/mol. The first kappa shape index (κ1) is 24.6. The van der Waals surface area contributed by atoms with Crippen LogP contribution in [0.5, 0.6) is 0 Å². The molecule has 3 aromatic rings. The Morgan fingerprint density at radius 1 is 1.16 bits per heavy atom. The molecule has 2 heterocycles. The molecule has 6 rings (SSSR count). The van der Waals surface area contributed by atoms with Crippen LogP contribution in [0, 0.1) is 23.1 Å². The first-order valence-corrected chi connectivity index (χ1v) is 12.7. The maximum Gasteiger partial charge on any atom is 0.394 e. The van der Waals surface area contributed by atoms with Gasteiger partial charge in [-0.3, -0.25) is 9.78 Å². The summed E-state index contributed by atoms with van der Waals surface area (Å²) in [5, 5.41) is 7.29. The molecule has 0 aliphatic heterocycles. The summed E-state index contributed by atoms with van der Waals surface area (Å²) >= 11 is 0. The van der Waals surface area contributed by atoms with Crippen molar-refractivity contribution < 1.29 is 22.4 Å². The van der Waals surface area contributed by atoms with E-state index >= 15 is 0 Å². The summed E-state index contributed by atoms with van der Waals surface area (Å²) in [6.45, 7) is 2.09. The Hall–Kier alpha value is -3.75. The van der Waals surface area contributed by atoms with E-state index < -0.39 is 35.4 Å². The summed E-state index contributed by atoms with van der Waals surface area (Å²) < 4.78 is 57.8. The summed E-state index contributed by atoms with van der Waals surface area (Å²) in [5.74, 6) is -2.97. The SMILES string of the molecule is C[C@]12Cc3cnn(-c4ccc(F)cc4)c3C=C1CC[C@H]1C2=CC[C@@H](C(F)(F)F)[C@@H]1NC(=O)c1cccnc1. The van der Waals surface area contributed by atoms with Crippen molar-refractivity contribution in [1.82, 2.24) is 20.1 Å². The van der Waals surface area contributed by atoms with Gasteiger partial charge >= 0.3 is 6.18 Å². The van der Waals surface area contributed by atoms with Gasteiger partial charge in [-0.25, -0.2) is 9.07 Å². The average Bonchev–Trinajstić information content (AvgIpc) is 3.29. The molecule has 1 fully saturated rings. The summed E-state index contributed by atoms with van der Waals surface area (Å²) in [4.78, 5) is 16.9. The average molecular weight is 523 g/mol. The van der Waals surface area contributed by atoms with E-state index in [0.29, 0.717) is 19.3 Å². The fourth-order valence-corrected chi connectivity index (χ4v) is 6.50. The Labute approximate surface area is 217 Å².